The van der Waals surface area contributed by atoms with Gasteiger partial charge in [-0.05, 0) is 57.8 Å². The molecule has 0 saturated carbocycles. The summed E-state index contributed by atoms with van der Waals surface area (Å²) in [5.41, 5.74) is 7.98. The standard InChI is InChI=1S/C25H25F2N5O3S/c1-14(2)36(33,34)23-8-6-16(10-19(23)27)21-12-29-25(28)24(30-21)22-11-20(31-35-22)17-7-5-15(9-18(17)26)13-32(3)4/h5-12,14H,13H2,1-4H3,(H2,28,29). The highest BCUT2D eigenvalue weighted by molar-refractivity contribution is 7.92. The Labute approximate surface area is 207 Å². The topological polar surface area (TPSA) is 115 Å². The van der Waals surface area contributed by atoms with Crippen molar-refractivity contribution in [2.24, 2.45) is 0 Å². The molecule has 0 aliphatic carbocycles. The van der Waals surface area contributed by atoms with E-state index in [0.717, 1.165) is 11.6 Å². The molecule has 4 aromatic rings. The van der Waals surface area contributed by atoms with Crippen molar-refractivity contribution in [3.05, 3.63) is 65.9 Å². The SMILES string of the molecule is CC(C)S(=O)(=O)c1ccc(-c2cnc(N)c(-c3cc(-c4ccc(CN(C)C)cc4F)no3)n2)cc1F. The highest BCUT2D eigenvalue weighted by Crippen LogP contribution is 2.32. The van der Waals surface area contributed by atoms with Crippen molar-refractivity contribution in [1.82, 2.24) is 20.0 Å². The van der Waals surface area contributed by atoms with E-state index in [2.05, 4.69) is 15.1 Å². The van der Waals surface area contributed by atoms with Crippen LogP contribution in [0, 0.1) is 11.6 Å². The van der Waals surface area contributed by atoms with E-state index < -0.39 is 26.7 Å². The second-order valence-corrected chi connectivity index (χ2v) is 11.3. The van der Waals surface area contributed by atoms with Crippen molar-refractivity contribution in [2.45, 2.75) is 30.5 Å². The normalized spacial score (nSPS) is 12.0. The van der Waals surface area contributed by atoms with Gasteiger partial charge in [0.15, 0.2) is 27.1 Å². The van der Waals surface area contributed by atoms with Crippen molar-refractivity contribution in [3.8, 4) is 34.0 Å². The molecule has 0 fully saturated rings. The zero-order valence-electron chi connectivity index (χ0n) is 20.2. The molecule has 0 aliphatic rings. The number of nitrogen functional groups attached to an aromatic ring is 1. The lowest BCUT2D eigenvalue weighted by atomic mass is 10.1. The number of halogens is 2. The summed E-state index contributed by atoms with van der Waals surface area (Å²) in [5, 5.41) is 3.18. The Bertz CT molecular complexity index is 1530. The number of aromatic nitrogens is 3. The molecule has 2 aromatic heterocycles. The van der Waals surface area contributed by atoms with Crippen LogP contribution in [0.1, 0.15) is 19.4 Å². The van der Waals surface area contributed by atoms with E-state index in [-0.39, 0.29) is 39.1 Å². The van der Waals surface area contributed by atoms with E-state index >= 15 is 0 Å². The van der Waals surface area contributed by atoms with Crippen LogP contribution in [0.3, 0.4) is 0 Å². The number of benzene rings is 2. The molecular formula is C25H25F2N5O3S. The summed E-state index contributed by atoms with van der Waals surface area (Å²) >= 11 is 0. The first-order valence-corrected chi connectivity index (χ1v) is 12.6. The lowest BCUT2D eigenvalue weighted by Crippen LogP contribution is -2.15. The molecule has 0 unspecified atom stereocenters. The highest BCUT2D eigenvalue weighted by Gasteiger charge is 2.24. The van der Waals surface area contributed by atoms with Crippen LogP contribution in [0.5, 0.6) is 0 Å². The minimum absolute atomic E-state index is 0.0303. The predicted molar refractivity (Wildman–Crippen MR) is 132 cm³/mol. The first kappa shape index (κ1) is 25.4. The molecule has 0 atom stereocenters. The number of nitrogens with zero attached hydrogens (tertiary/aromatic N) is 4. The summed E-state index contributed by atoms with van der Waals surface area (Å²) < 4.78 is 59.5. The molecule has 2 aromatic carbocycles. The quantitative estimate of drug-likeness (QED) is 0.382. The van der Waals surface area contributed by atoms with Gasteiger partial charge in [-0.15, -0.1) is 0 Å². The van der Waals surface area contributed by atoms with Gasteiger partial charge in [-0.2, -0.15) is 0 Å². The van der Waals surface area contributed by atoms with Crippen LogP contribution >= 0.6 is 0 Å². The molecule has 11 heteroatoms. The zero-order chi connectivity index (χ0) is 26.2. The third-order valence-electron chi connectivity index (χ3n) is 5.51. The Hall–Kier alpha value is -3.70. The van der Waals surface area contributed by atoms with E-state index in [0.29, 0.717) is 12.1 Å². The van der Waals surface area contributed by atoms with Gasteiger partial charge in [-0.1, -0.05) is 17.3 Å². The Morgan fingerprint density at radius 1 is 1.03 bits per heavy atom. The molecule has 0 amide bonds. The molecule has 0 aliphatic heterocycles. The average molecular weight is 514 g/mol. The third kappa shape index (κ3) is 4.98. The number of sulfone groups is 1. The van der Waals surface area contributed by atoms with Gasteiger partial charge in [0, 0.05) is 23.7 Å². The van der Waals surface area contributed by atoms with Crippen LogP contribution in [-0.4, -0.2) is 47.8 Å². The maximum Gasteiger partial charge on any atom is 0.189 e. The molecule has 0 bridgehead atoms. The van der Waals surface area contributed by atoms with Gasteiger partial charge in [-0.25, -0.2) is 27.2 Å². The van der Waals surface area contributed by atoms with E-state index in [1.165, 1.54) is 44.3 Å². The van der Waals surface area contributed by atoms with E-state index in [1.807, 2.05) is 19.0 Å². The fourth-order valence-electron chi connectivity index (χ4n) is 3.61. The third-order valence-corrected chi connectivity index (χ3v) is 7.69. The minimum atomic E-state index is -3.79. The number of nitrogens with two attached hydrogens (primary N) is 1. The van der Waals surface area contributed by atoms with Crippen molar-refractivity contribution in [3.63, 3.8) is 0 Å². The smallest absolute Gasteiger partial charge is 0.189 e. The molecule has 0 radical (unpaired) electrons. The highest BCUT2D eigenvalue weighted by atomic mass is 32.2. The fraction of sp³-hybridized carbons (Fsp3) is 0.240. The first-order chi connectivity index (χ1) is 17.0. The second-order valence-electron chi connectivity index (χ2n) is 8.86. The fourth-order valence-corrected chi connectivity index (χ4v) is 4.70. The average Bonchev–Trinajstić information content (AvgIpc) is 3.28. The minimum Gasteiger partial charge on any atom is -0.382 e. The lowest BCUT2D eigenvalue weighted by molar-refractivity contribution is 0.401. The first-order valence-electron chi connectivity index (χ1n) is 11.0. The maximum absolute atomic E-state index is 14.7. The van der Waals surface area contributed by atoms with Crippen LogP contribution in [0.4, 0.5) is 14.6 Å². The van der Waals surface area contributed by atoms with Crippen molar-refractivity contribution in [2.75, 3.05) is 19.8 Å². The van der Waals surface area contributed by atoms with Gasteiger partial charge in [0.05, 0.1) is 17.1 Å². The number of hydrogen-bond donors (Lipinski definition) is 1. The Balaban J connectivity index is 1.68. The largest absolute Gasteiger partial charge is 0.382 e. The van der Waals surface area contributed by atoms with Crippen LogP contribution in [-0.2, 0) is 16.4 Å². The van der Waals surface area contributed by atoms with E-state index in [9.17, 15) is 17.2 Å². The molecule has 188 valence electrons. The summed E-state index contributed by atoms with van der Waals surface area (Å²) in [6.07, 6.45) is 1.34. The monoisotopic (exact) mass is 513 g/mol. The van der Waals surface area contributed by atoms with E-state index in [1.54, 1.807) is 12.1 Å². The molecular weight excluding hydrogens is 488 g/mol. The molecule has 4 rings (SSSR count). The van der Waals surface area contributed by atoms with Crippen molar-refractivity contribution in [1.29, 1.82) is 0 Å². The summed E-state index contributed by atoms with van der Waals surface area (Å²) in [5.74, 6) is -1.17. The number of anilines is 1. The van der Waals surface area contributed by atoms with Gasteiger partial charge in [0.1, 0.15) is 22.2 Å². The predicted octanol–water partition coefficient (Wildman–Crippen LogP) is 4.57. The zero-order valence-corrected chi connectivity index (χ0v) is 21.0. The Morgan fingerprint density at radius 3 is 2.42 bits per heavy atom. The number of hydrogen-bond acceptors (Lipinski definition) is 8. The van der Waals surface area contributed by atoms with Gasteiger partial charge in [0.2, 0.25) is 0 Å². The summed E-state index contributed by atoms with van der Waals surface area (Å²) in [7, 11) is 0.00116. The van der Waals surface area contributed by atoms with Crippen LogP contribution < -0.4 is 5.73 Å². The Kier molecular flexibility index (Phi) is 6.87. The van der Waals surface area contributed by atoms with Gasteiger partial charge >= 0.3 is 0 Å². The van der Waals surface area contributed by atoms with Gasteiger partial charge < -0.3 is 15.2 Å². The van der Waals surface area contributed by atoms with Crippen LogP contribution in [0.15, 0.2) is 58.1 Å². The Morgan fingerprint density at radius 2 is 1.78 bits per heavy atom. The molecule has 8 nitrogen and oxygen atoms in total. The maximum atomic E-state index is 14.7. The molecule has 0 spiro atoms. The van der Waals surface area contributed by atoms with E-state index in [4.69, 9.17) is 10.3 Å². The van der Waals surface area contributed by atoms with Gasteiger partial charge in [0.25, 0.3) is 0 Å². The van der Waals surface area contributed by atoms with Crippen LogP contribution in [0.2, 0.25) is 0 Å². The molecule has 2 N–H and O–H groups in total. The molecule has 0 saturated heterocycles. The van der Waals surface area contributed by atoms with Crippen molar-refractivity contribution < 1.29 is 21.7 Å². The van der Waals surface area contributed by atoms with Crippen LogP contribution in [0.25, 0.3) is 34.0 Å². The second kappa shape index (κ2) is 9.75. The number of rotatable bonds is 7. The van der Waals surface area contributed by atoms with Crippen molar-refractivity contribution >= 4 is 15.7 Å². The van der Waals surface area contributed by atoms with Gasteiger partial charge in [-0.3, -0.25) is 0 Å². The molecule has 36 heavy (non-hydrogen) atoms. The summed E-state index contributed by atoms with van der Waals surface area (Å²) in [6, 6.07) is 10.1. The molecule has 2 heterocycles. The summed E-state index contributed by atoms with van der Waals surface area (Å²) in [6.45, 7) is 3.55. The lowest BCUT2D eigenvalue weighted by Gasteiger charge is -2.10. The summed E-state index contributed by atoms with van der Waals surface area (Å²) in [4.78, 5) is 10.1.